The van der Waals surface area contributed by atoms with Crippen LogP contribution in [0.25, 0.3) is 10.4 Å². The number of aromatic nitrogens is 1. The number of anilines is 1. The first-order valence-electron chi connectivity index (χ1n) is 20.0. The average Bonchev–Trinajstić information content (AvgIpc) is 3.81. The first kappa shape index (κ1) is 42.8. The number of aryl methyl sites for hydroxylation is 1. The highest BCUT2D eigenvalue weighted by atomic mass is 32.1. The number of likely N-dealkylation sites (tertiary alicyclic amines) is 1. The second-order valence-corrected chi connectivity index (χ2v) is 18.9. The van der Waals surface area contributed by atoms with Crippen molar-refractivity contribution in [1.29, 1.82) is 0 Å². The Morgan fingerprint density at radius 1 is 0.964 bits per heavy atom. The first-order chi connectivity index (χ1) is 26.4. The molecule has 304 valence electrons. The van der Waals surface area contributed by atoms with Gasteiger partial charge in [0.25, 0.3) is 5.91 Å². The van der Waals surface area contributed by atoms with Gasteiger partial charge in [-0.15, -0.1) is 11.3 Å². The number of hydrogen-bond donors (Lipinski definition) is 4. The lowest BCUT2D eigenvalue weighted by molar-refractivity contribution is -0.144. The number of carbonyl (C=O) groups excluding carboxylic acids is 4. The molecule has 1 aliphatic heterocycles. The zero-order chi connectivity index (χ0) is 40.8. The topological polar surface area (TPSA) is 142 Å². The molecule has 0 radical (unpaired) electrons. The number of unbranched alkanes of at least 4 members (excludes halogenated alkanes) is 1. The van der Waals surface area contributed by atoms with Gasteiger partial charge in [0.15, 0.2) is 0 Å². The van der Waals surface area contributed by atoms with Crippen LogP contribution in [0, 0.1) is 23.2 Å². The van der Waals surface area contributed by atoms with Crippen LogP contribution >= 0.6 is 11.3 Å². The van der Waals surface area contributed by atoms with E-state index >= 15 is 0 Å². The third-order valence-corrected chi connectivity index (χ3v) is 12.2. The van der Waals surface area contributed by atoms with E-state index in [0.717, 1.165) is 53.2 Å². The molecule has 0 unspecified atom stereocenters. The Morgan fingerprint density at radius 2 is 1.64 bits per heavy atom. The lowest BCUT2D eigenvalue weighted by Gasteiger charge is -2.57. The highest BCUT2D eigenvalue weighted by Crippen LogP contribution is 2.53. The maximum absolute atomic E-state index is 14.0. The number of nitrogens with zero attached hydrogens (tertiary/aromatic N) is 2. The summed E-state index contributed by atoms with van der Waals surface area (Å²) in [5, 5.41) is 12.6. The van der Waals surface area contributed by atoms with E-state index in [4.69, 9.17) is 4.74 Å². The summed E-state index contributed by atoms with van der Waals surface area (Å²) in [4.78, 5) is 60.5. The summed E-state index contributed by atoms with van der Waals surface area (Å²) in [6.07, 6.45) is 3.93. The molecule has 11 nitrogen and oxygen atoms in total. The van der Waals surface area contributed by atoms with Crippen LogP contribution in [0.2, 0.25) is 0 Å². The van der Waals surface area contributed by atoms with E-state index in [9.17, 15) is 19.2 Å². The molecule has 3 atom stereocenters. The van der Waals surface area contributed by atoms with Crippen LogP contribution in [0.5, 0.6) is 0 Å². The third-order valence-electron chi connectivity index (χ3n) is 11.2. The Kier molecular flexibility index (Phi) is 13.7. The fraction of sp³-hybridized carbons (Fsp3) is 0.568. The van der Waals surface area contributed by atoms with Gasteiger partial charge in [0.05, 0.1) is 22.1 Å². The minimum absolute atomic E-state index is 0.0452. The Morgan fingerprint density at radius 3 is 2.25 bits per heavy atom. The van der Waals surface area contributed by atoms with E-state index in [1.54, 1.807) is 16.2 Å². The largest absolute Gasteiger partial charge is 0.385 e. The van der Waals surface area contributed by atoms with Gasteiger partial charge in [0.1, 0.15) is 18.7 Å². The molecule has 0 spiro atoms. The van der Waals surface area contributed by atoms with Crippen molar-refractivity contribution in [3.63, 3.8) is 0 Å². The number of nitrogens with one attached hydrogen (secondary N) is 4. The van der Waals surface area contributed by atoms with Crippen molar-refractivity contribution in [2.24, 2.45) is 16.2 Å². The molecular formula is C44H62N6O5S. The van der Waals surface area contributed by atoms with Gasteiger partial charge in [-0.05, 0) is 97.6 Å². The standard InChI is InChI=1S/C44H62N6O5S/c1-28(30-14-16-31(17-15-30)36-29(2)46-27-56-36)47-39(53)34-13-12-23-50(34)40(54)37(42(3,4)5)48-35(51)25-55-24-11-10-22-45-33-20-18-32(19-21-33)38(52)49-41-43(6,7)26-44(41,8)9/h14-21,27-28,34,37,41,45H,10-13,22-26H2,1-9H3,(H,47,53)(H,48,51)(H,49,52)/t28-,34+,37-/m1/s1. The van der Waals surface area contributed by atoms with Crippen LogP contribution in [0.1, 0.15) is 115 Å². The summed E-state index contributed by atoms with van der Waals surface area (Å²) in [6, 6.07) is 14.1. The van der Waals surface area contributed by atoms with Crippen molar-refractivity contribution in [1.82, 2.24) is 25.8 Å². The van der Waals surface area contributed by atoms with Gasteiger partial charge in [-0.1, -0.05) is 72.7 Å². The molecule has 2 aromatic carbocycles. The van der Waals surface area contributed by atoms with Crippen LogP contribution in [0.4, 0.5) is 5.69 Å². The molecular weight excluding hydrogens is 725 g/mol. The number of ether oxygens (including phenoxy) is 1. The van der Waals surface area contributed by atoms with Crippen LogP contribution in [-0.4, -0.2) is 77.9 Å². The number of hydrogen-bond acceptors (Lipinski definition) is 8. The SMILES string of the molecule is Cc1ncsc1-c1ccc([C@@H](C)NC(=O)[C@@H]2CCCN2C(=O)[C@@H](NC(=O)COCCCCNc2ccc(C(=O)NC3C(C)(C)CC3(C)C)cc2)C(C)(C)C)cc1. The number of amides is 4. The average molecular weight is 787 g/mol. The second kappa shape index (κ2) is 17.9. The minimum Gasteiger partial charge on any atom is -0.385 e. The Labute approximate surface area is 337 Å². The van der Waals surface area contributed by atoms with Gasteiger partial charge in [0, 0.05) is 37.0 Å². The summed E-state index contributed by atoms with van der Waals surface area (Å²) in [6.45, 7) is 19.9. The summed E-state index contributed by atoms with van der Waals surface area (Å²) in [5.41, 5.74) is 6.08. The molecule has 12 heteroatoms. The van der Waals surface area contributed by atoms with E-state index in [2.05, 4.69) is 53.9 Å². The zero-order valence-electron chi connectivity index (χ0n) is 34.7. The lowest BCUT2D eigenvalue weighted by Crippen LogP contribution is -2.63. The smallest absolute Gasteiger partial charge is 0.251 e. The van der Waals surface area contributed by atoms with Gasteiger partial charge in [-0.25, -0.2) is 4.98 Å². The number of benzene rings is 2. The van der Waals surface area contributed by atoms with E-state index in [1.165, 1.54) is 0 Å². The summed E-state index contributed by atoms with van der Waals surface area (Å²) in [5.74, 6) is -0.863. The molecule has 4 amide bonds. The number of carbonyl (C=O) groups is 4. The van der Waals surface area contributed by atoms with Crippen molar-refractivity contribution in [2.75, 3.05) is 31.6 Å². The maximum atomic E-state index is 14.0. The Balaban J connectivity index is 1.02. The predicted molar refractivity (Wildman–Crippen MR) is 223 cm³/mol. The van der Waals surface area contributed by atoms with E-state index in [1.807, 2.05) is 88.7 Å². The summed E-state index contributed by atoms with van der Waals surface area (Å²) >= 11 is 1.60. The molecule has 2 aliphatic rings. The number of rotatable bonds is 16. The zero-order valence-corrected chi connectivity index (χ0v) is 35.5. The fourth-order valence-electron chi connectivity index (χ4n) is 8.59. The van der Waals surface area contributed by atoms with Crippen molar-refractivity contribution in [2.45, 2.75) is 119 Å². The van der Waals surface area contributed by atoms with Crippen LogP contribution in [0.3, 0.4) is 0 Å². The predicted octanol–water partition coefficient (Wildman–Crippen LogP) is 7.28. The molecule has 4 N–H and O–H groups in total. The molecule has 2 fully saturated rings. The van der Waals surface area contributed by atoms with E-state index in [0.29, 0.717) is 31.6 Å². The number of thiazole rings is 1. The molecule has 0 bridgehead atoms. The summed E-state index contributed by atoms with van der Waals surface area (Å²) < 4.78 is 5.69. The quantitative estimate of drug-likeness (QED) is 0.112. The second-order valence-electron chi connectivity index (χ2n) is 18.0. The van der Waals surface area contributed by atoms with Crippen LogP contribution in [0.15, 0.2) is 54.0 Å². The van der Waals surface area contributed by atoms with Crippen molar-refractivity contribution in [3.8, 4) is 10.4 Å². The van der Waals surface area contributed by atoms with Crippen molar-refractivity contribution >= 4 is 40.7 Å². The van der Waals surface area contributed by atoms with Gasteiger partial charge < -0.3 is 30.9 Å². The van der Waals surface area contributed by atoms with Crippen LogP contribution < -0.4 is 21.3 Å². The normalized spacial score (nSPS) is 18.7. The monoisotopic (exact) mass is 786 g/mol. The Hall–Kier alpha value is -4.29. The van der Waals surface area contributed by atoms with E-state index in [-0.39, 0.29) is 53.1 Å². The highest BCUT2D eigenvalue weighted by Gasteiger charge is 2.53. The van der Waals surface area contributed by atoms with E-state index < -0.39 is 17.5 Å². The van der Waals surface area contributed by atoms with Gasteiger partial charge in [0.2, 0.25) is 17.7 Å². The molecule has 1 aromatic heterocycles. The fourth-order valence-corrected chi connectivity index (χ4v) is 9.40. The highest BCUT2D eigenvalue weighted by molar-refractivity contribution is 7.13. The third kappa shape index (κ3) is 10.6. The molecule has 1 aliphatic carbocycles. The van der Waals surface area contributed by atoms with Gasteiger partial charge in [-0.3, -0.25) is 19.2 Å². The molecule has 1 saturated carbocycles. The molecule has 1 saturated heterocycles. The molecule has 5 rings (SSSR count). The van der Waals surface area contributed by atoms with Gasteiger partial charge >= 0.3 is 0 Å². The van der Waals surface area contributed by atoms with Crippen molar-refractivity contribution < 1.29 is 23.9 Å². The maximum Gasteiger partial charge on any atom is 0.251 e. The summed E-state index contributed by atoms with van der Waals surface area (Å²) in [7, 11) is 0. The Bertz CT molecular complexity index is 1820. The van der Waals surface area contributed by atoms with Gasteiger partial charge in [-0.2, -0.15) is 0 Å². The van der Waals surface area contributed by atoms with Crippen LogP contribution in [-0.2, 0) is 19.1 Å². The molecule has 56 heavy (non-hydrogen) atoms. The molecule has 2 heterocycles. The minimum atomic E-state index is -0.814. The lowest BCUT2D eigenvalue weighted by atomic mass is 9.52. The van der Waals surface area contributed by atoms with Crippen molar-refractivity contribution in [3.05, 3.63) is 70.9 Å². The first-order valence-corrected chi connectivity index (χ1v) is 20.9. The molecule has 3 aromatic rings.